The summed E-state index contributed by atoms with van der Waals surface area (Å²) >= 11 is 0. The molecule has 9 nitrogen and oxygen atoms in total. The number of nitro groups is 1. The van der Waals surface area contributed by atoms with Crippen LogP contribution in [0.3, 0.4) is 0 Å². The average molecular weight is 401 g/mol. The Morgan fingerprint density at radius 1 is 1.07 bits per heavy atom. The lowest BCUT2D eigenvalue weighted by Crippen LogP contribution is -2.13. The van der Waals surface area contributed by atoms with Crippen molar-refractivity contribution in [2.45, 2.75) is 0 Å². The van der Waals surface area contributed by atoms with Gasteiger partial charge in [-0.25, -0.2) is 0 Å². The Bertz CT molecular complexity index is 1050. The average Bonchev–Trinajstić information content (AvgIpc) is 3.19. The van der Waals surface area contributed by atoms with Crippen LogP contribution < -0.4 is 5.44 Å². The van der Waals surface area contributed by atoms with Crippen LogP contribution in [0.5, 0.6) is 0 Å². The zero-order chi connectivity index (χ0) is 20.3. The number of hydrogen-bond acceptors (Lipinski definition) is 7. The number of nitrogens with one attached hydrogen (secondary N) is 1. The highest BCUT2D eigenvalue weighted by molar-refractivity contribution is 7.62. The highest BCUT2D eigenvalue weighted by Crippen LogP contribution is 2.47. The van der Waals surface area contributed by atoms with Gasteiger partial charge < -0.3 is 9.05 Å². The number of H-pyrrole nitrogens is 1. The summed E-state index contributed by atoms with van der Waals surface area (Å²) in [4.78, 5) is 23.4. The zero-order valence-corrected chi connectivity index (χ0v) is 15.9. The van der Waals surface area contributed by atoms with Gasteiger partial charge in [-0.15, -0.1) is 0 Å². The van der Waals surface area contributed by atoms with Gasteiger partial charge in [0.05, 0.1) is 4.92 Å². The number of hydrogen-bond donors (Lipinski definition) is 1. The maximum atomic E-state index is 13.0. The number of non-ortho nitro benzene ring substituents is 1. The van der Waals surface area contributed by atoms with Gasteiger partial charge in [0.1, 0.15) is 5.69 Å². The summed E-state index contributed by atoms with van der Waals surface area (Å²) in [5.41, 5.74) is 0.869. The van der Waals surface area contributed by atoms with E-state index in [1.165, 1.54) is 38.5 Å². The Hall–Kier alpha value is -3.13. The summed E-state index contributed by atoms with van der Waals surface area (Å²) in [6, 6.07) is 13.9. The van der Waals surface area contributed by atoms with E-state index in [4.69, 9.17) is 9.05 Å². The smallest absolute Gasteiger partial charge is 0.308 e. The number of rotatable bonds is 7. The third-order valence-electron chi connectivity index (χ3n) is 4.12. The van der Waals surface area contributed by atoms with Crippen LogP contribution in [0.25, 0.3) is 11.1 Å². The maximum absolute atomic E-state index is 13.0. The molecule has 1 N–H and O–H groups in total. The predicted molar refractivity (Wildman–Crippen MR) is 102 cm³/mol. The van der Waals surface area contributed by atoms with Crippen molar-refractivity contribution in [2.24, 2.45) is 0 Å². The summed E-state index contributed by atoms with van der Waals surface area (Å²) < 4.78 is 23.0. The number of aromatic amines is 1. The fourth-order valence-electron chi connectivity index (χ4n) is 2.70. The van der Waals surface area contributed by atoms with E-state index in [0.29, 0.717) is 11.1 Å². The van der Waals surface area contributed by atoms with Crippen molar-refractivity contribution < 1.29 is 23.3 Å². The van der Waals surface area contributed by atoms with Crippen LogP contribution in [0.15, 0.2) is 54.6 Å². The molecule has 0 radical (unpaired) electrons. The molecule has 0 aliphatic heterocycles. The molecule has 0 saturated carbocycles. The Labute approximate surface area is 160 Å². The van der Waals surface area contributed by atoms with Crippen molar-refractivity contribution in [3.8, 4) is 11.1 Å². The van der Waals surface area contributed by atoms with E-state index < -0.39 is 18.3 Å². The van der Waals surface area contributed by atoms with E-state index in [1.807, 2.05) is 0 Å². The fraction of sp³-hybridized carbons (Fsp3) is 0.111. The SMILES string of the molecule is COP(=O)(OC)c1[nH]nc(C(=O)c2ccccc2)c1-c1ccc([N+](=O)[O-])cc1. The van der Waals surface area contributed by atoms with E-state index in [1.54, 1.807) is 30.3 Å². The molecule has 10 heteroatoms. The first-order valence-electron chi connectivity index (χ1n) is 8.06. The molecule has 0 atom stereocenters. The van der Waals surface area contributed by atoms with Crippen LogP contribution in [-0.4, -0.2) is 35.1 Å². The van der Waals surface area contributed by atoms with Gasteiger partial charge in [0.2, 0.25) is 5.78 Å². The topological polar surface area (TPSA) is 124 Å². The van der Waals surface area contributed by atoms with Crippen molar-refractivity contribution >= 4 is 24.5 Å². The lowest BCUT2D eigenvalue weighted by atomic mass is 10.0. The predicted octanol–water partition coefficient (Wildman–Crippen LogP) is 3.33. The number of carbonyl (C=O) groups is 1. The number of ketones is 1. The molecule has 144 valence electrons. The van der Waals surface area contributed by atoms with Gasteiger partial charge in [0.25, 0.3) is 5.69 Å². The molecule has 0 aliphatic carbocycles. The molecule has 0 fully saturated rings. The van der Waals surface area contributed by atoms with Crippen LogP contribution in [-0.2, 0) is 13.6 Å². The molecule has 3 rings (SSSR count). The standard InChI is InChI=1S/C18H16N3O6P/c1-26-28(25,27-2)18-15(12-8-10-14(11-9-12)21(23)24)16(19-20-18)17(22)13-6-4-3-5-7-13/h3-11H,1-2H3,(H,19,20). The molecule has 2 aromatic carbocycles. The number of nitrogens with zero attached hydrogens (tertiary/aromatic N) is 2. The molecule has 28 heavy (non-hydrogen) atoms. The highest BCUT2D eigenvalue weighted by atomic mass is 31.2. The molecule has 0 bridgehead atoms. The summed E-state index contributed by atoms with van der Waals surface area (Å²) in [7, 11) is -1.36. The second kappa shape index (κ2) is 7.85. The minimum Gasteiger partial charge on any atom is -0.308 e. The third kappa shape index (κ3) is 3.50. The summed E-state index contributed by atoms with van der Waals surface area (Å²) in [6.45, 7) is 0. The third-order valence-corrected chi connectivity index (χ3v) is 5.95. The largest absolute Gasteiger partial charge is 0.379 e. The number of carbonyl (C=O) groups excluding carboxylic acids is 1. The van der Waals surface area contributed by atoms with Gasteiger partial charge in [-0.3, -0.25) is 24.6 Å². The van der Waals surface area contributed by atoms with Gasteiger partial charge in [-0.05, 0) is 17.7 Å². The first-order chi connectivity index (χ1) is 13.4. The Morgan fingerprint density at radius 2 is 1.68 bits per heavy atom. The normalized spacial score (nSPS) is 11.4. The Kier molecular flexibility index (Phi) is 5.51. The molecule has 0 amide bonds. The van der Waals surface area contributed by atoms with E-state index in [-0.39, 0.29) is 22.4 Å². The maximum Gasteiger partial charge on any atom is 0.379 e. The lowest BCUT2D eigenvalue weighted by Gasteiger charge is -2.14. The van der Waals surface area contributed by atoms with Crippen molar-refractivity contribution in [2.75, 3.05) is 14.2 Å². The van der Waals surface area contributed by atoms with Gasteiger partial charge >= 0.3 is 7.60 Å². The van der Waals surface area contributed by atoms with Gasteiger partial charge in [0, 0.05) is 37.5 Å². The molecule has 1 aromatic heterocycles. The fourth-order valence-corrected chi connectivity index (χ4v) is 3.90. The lowest BCUT2D eigenvalue weighted by molar-refractivity contribution is -0.384. The van der Waals surface area contributed by atoms with Crippen molar-refractivity contribution in [1.29, 1.82) is 0 Å². The second-order valence-corrected chi connectivity index (χ2v) is 7.83. The summed E-state index contributed by atoms with van der Waals surface area (Å²) in [5.74, 6) is -0.407. The van der Waals surface area contributed by atoms with E-state index >= 15 is 0 Å². The zero-order valence-electron chi connectivity index (χ0n) is 15.0. The monoisotopic (exact) mass is 401 g/mol. The van der Waals surface area contributed by atoms with Crippen LogP contribution in [0.1, 0.15) is 16.1 Å². The number of nitro benzene ring substituents is 1. The van der Waals surface area contributed by atoms with E-state index in [0.717, 1.165) is 0 Å². The molecule has 0 spiro atoms. The van der Waals surface area contributed by atoms with Gasteiger partial charge in [-0.1, -0.05) is 30.3 Å². The first kappa shape index (κ1) is 19.6. The molecule has 0 unspecified atom stereocenters. The van der Waals surface area contributed by atoms with Crippen LogP contribution >= 0.6 is 7.60 Å². The minimum absolute atomic E-state index is 0.00405. The van der Waals surface area contributed by atoms with Crippen LogP contribution in [0.4, 0.5) is 5.69 Å². The molecular formula is C18H16N3O6P. The molecule has 0 aliphatic rings. The second-order valence-electron chi connectivity index (χ2n) is 5.66. The number of aromatic nitrogens is 2. The highest BCUT2D eigenvalue weighted by Gasteiger charge is 2.35. The van der Waals surface area contributed by atoms with E-state index in [2.05, 4.69) is 10.2 Å². The van der Waals surface area contributed by atoms with Crippen molar-refractivity contribution in [3.63, 3.8) is 0 Å². The van der Waals surface area contributed by atoms with Crippen molar-refractivity contribution in [1.82, 2.24) is 10.2 Å². The van der Waals surface area contributed by atoms with Gasteiger partial charge in [-0.2, -0.15) is 5.10 Å². The van der Waals surface area contributed by atoms with Gasteiger partial charge in [0.15, 0.2) is 5.44 Å². The molecule has 0 saturated heterocycles. The van der Waals surface area contributed by atoms with Crippen LogP contribution in [0.2, 0.25) is 0 Å². The van der Waals surface area contributed by atoms with Crippen molar-refractivity contribution in [3.05, 3.63) is 76.0 Å². The molecule has 1 heterocycles. The Balaban J connectivity index is 2.22. The minimum atomic E-state index is -3.78. The quantitative estimate of drug-likeness (QED) is 0.279. The molecular weight excluding hydrogens is 385 g/mol. The summed E-state index contributed by atoms with van der Waals surface area (Å²) in [5, 5.41) is 17.6. The molecule has 3 aromatic rings. The van der Waals surface area contributed by atoms with Crippen LogP contribution in [0, 0.1) is 10.1 Å². The first-order valence-corrected chi connectivity index (χ1v) is 9.60. The Morgan fingerprint density at radius 3 is 2.21 bits per heavy atom. The van der Waals surface area contributed by atoms with E-state index in [9.17, 15) is 19.5 Å². The number of benzene rings is 2. The summed E-state index contributed by atoms with van der Waals surface area (Å²) in [6.07, 6.45) is 0.